The van der Waals surface area contributed by atoms with Crippen LogP contribution in [0.5, 0.6) is 0 Å². The Labute approximate surface area is 147 Å². The van der Waals surface area contributed by atoms with Crippen molar-refractivity contribution in [2.45, 2.75) is 20.3 Å². The normalized spacial score (nSPS) is 9.96. The molecule has 0 aliphatic rings. The van der Waals surface area contributed by atoms with Crippen LogP contribution in [0.25, 0.3) is 0 Å². The van der Waals surface area contributed by atoms with Crippen molar-refractivity contribution in [3.63, 3.8) is 0 Å². The SMILES string of the molecule is CCc1oc(C(=O)Nc2ccccc2C(=O)NCCN)cc1C.Cl. The summed E-state index contributed by atoms with van der Waals surface area (Å²) < 4.78 is 5.53. The Hall–Kier alpha value is -2.31. The molecule has 6 nitrogen and oxygen atoms in total. The Balaban J connectivity index is 0.00000288. The Morgan fingerprint density at radius 1 is 1.21 bits per heavy atom. The second-order valence-corrected chi connectivity index (χ2v) is 5.11. The van der Waals surface area contributed by atoms with Crippen LogP contribution in [0.15, 0.2) is 34.7 Å². The molecule has 0 saturated heterocycles. The number of aryl methyl sites for hydroxylation is 2. The minimum atomic E-state index is -0.383. The lowest BCUT2D eigenvalue weighted by atomic mass is 10.1. The second-order valence-electron chi connectivity index (χ2n) is 5.11. The van der Waals surface area contributed by atoms with Crippen LogP contribution in [0.2, 0.25) is 0 Å². The van der Waals surface area contributed by atoms with E-state index in [1.165, 1.54) is 0 Å². The molecule has 0 bridgehead atoms. The number of furan rings is 1. The van der Waals surface area contributed by atoms with Gasteiger partial charge in [-0.1, -0.05) is 19.1 Å². The molecule has 0 fully saturated rings. The molecule has 1 aromatic carbocycles. The number of rotatable bonds is 6. The highest BCUT2D eigenvalue weighted by molar-refractivity contribution is 6.08. The lowest BCUT2D eigenvalue weighted by molar-refractivity contribution is 0.0955. The van der Waals surface area contributed by atoms with Crippen LogP contribution in [0.1, 0.15) is 39.2 Å². The van der Waals surface area contributed by atoms with Gasteiger partial charge in [0, 0.05) is 19.5 Å². The van der Waals surface area contributed by atoms with E-state index < -0.39 is 0 Å². The van der Waals surface area contributed by atoms with Crippen LogP contribution < -0.4 is 16.4 Å². The van der Waals surface area contributed by atoms with E-state index in [0.29, 0.717) is 24.3 Å². The summed E-state index contributed by atoms with van der Waals surface area (Å²) in [6, 6.07) is 8.50. The van der Waals surface area contributed by atoms with Crippen molar-refractivity contribution in [1.29, 1.82) is 0 Å². The van der Waals surface area contributed by atoms with Gasteiger partial charge >= 0.3 is 0 Å². The maximum atomic E-state index is 12.3. The first-order chi connectivity index (χ1) is 11.1. The summed E-state index contributed by atoms with van der Waals surface area (Å²) in [6.45, 7) is 4.59. The Morgan fingerprint density at radius 3 is 2.54 bits per heavy atom. The summed E-state index contributed by atoms with van der Waals surface area (Å²) in [5.74, 6) is 0.351. The summed E-state index contributed by atoms with van der Waals surface area (Å²) >= 11 is 0. The average molecular weight is 352 g/mol. The number of benzene rings is 1. The molecule has 2 rings (SSSR count). The zero-order valence-electron chi connectivity index (χ0n) is 13.7. The van der Waals surface area contributed by atoms with E-state index in [-0.39, 0.29) is 30.0 Å². The maximum Gasteiger partial charge on any atom is 0.291 e. The molecule has 7 heteroatoms. The Bertz CT molecular complexity index is 713. The van der Waals surface area contributed by atoms with E-state index in [9.17, 15) is 9.59 Å². The van der Waals surface area contributed by atoms with Crippen molar-refractivity contribution in [2.75, 3.05) is 18.4 Å². The molecule has 0 atom stereocenters. The number of amides is 2. The summed E-state index contributed by atoms with van der Waals surface area (Å²) in [5.41, 5.74) is 7.13. The number of hydrogen-bond donors (Lipinski definition) is 3. The molecule has 0 radical (unpaired) electrons. The van der Waals surface area contributed by atoms with Gasteiger partial charge in [0.2, 0.25) is 0 Å². The van der Waals surface area contributed by atoms with Gasteiger partial charge in [0.05, 0.1) is 11.3 Å². The van der Waals surface area contributed by atoms with E-state index >= 15 is 0 Å². The highest BCUT2D eigenvalue weighted by Gasteiger charge is 2.17. The molecule has 0 aliphatic carbocycles. The lowest BCUT2D eigenvalue weighted by Crippen LogP contribution is -2.29. The van der Waals surface area contributed by atoms with Crippen LogP contribution >= 0.6 is 12.4 Å². The van der Waals surface area contributed by atoms with Gasteiger partial charge in [-0.25, -0.2) is 0 Å². The van der Waals surface area contributed by atoms with Gasteiger partial charge in [-0.3, -0.25) is 9.59 Å². The molecular weight excluding hydrogens is 330 g/mol. The molecule has 0 unspecified atom stereocenters. The fraction of sp³-hybridized carbons (Fsp3) is 0.294. The Morgan fingerprint density at radius 2 is 1.92 bits per heavy atom. The molecule has 1 aromatic heterocycles. The van der Waals surface area contributed by atoms with Crippen molar-refractivity contribution >= 4 is 29.9 Å². The average Bonchev–Trinajstić information content (AvgIpc) is 2.94. The van der Waals surface area contributed by atoms with E-state index in [2.05, 4.69) is 10.6 Å². The molecule has 2 amide bonds. The predicted molar refractivity (Wildman–Crippen MR) is 95.9 cm³/mol. The van der Waals surface area contributed by atoms with E-state index in [1.54, 1.807) is 30.3 Å². The monoisotopic (exact) mass is 351 g/mol. The first-order valence-corrected chi connectivity index (χ1v) is 7.54. The molecular formula is C17H22ClN3O3. The predicted octanol–water partition coefficient (Wildman–Crippen LogP) is 2.51. The second kappa shape index (κ2) is 9.10. The van der Waals surface area contributed by atoms with Crippen LogP contribution in [0.4, 0.5) is 5.69 Å². The van der Waals surface area contributed by atoms with Crippen molar-refractivity contribution in [3.8, 4) is 0 Å². The number of para-hydroxylation sites is 1. The largest absolute Gasteiger partial charge is 0.456 e. The van der Waals surface area contributed by atoms with Gasteiger partial charge in [0.1, 0.15) is 5.76 Å². The number of nitrogens with one attached hydrogen (secondary N) is 2. The highest BCUT2D eigenvalue weighted by atomic mass is 35.5. The zero-order valence-corrected chi connectivity index (χ0v) is 14.5. The first kappa shape index (κ1) is 19.7. The number of carbonyl (C=O) groups is 2. The summed E-state index contributed by atoms with van der Waals surface area (Å²) in [5, 5.41) is 5.41. The summed E-state index contributed by atoms with van der Waals surface area (Å²) in [6.07, 6.45) is 0.719. The maximum absolute atomic E-state index is 12.3. The standard InChI is InChI=1S/C17H21N3O3.ClH/c1-3-14-11(2)10-15(23-14)17(22)20-13-7-5-4-6-12(13)16(21)19-9-8-18;/h4-7,10H,3,8-9,18H2,1-2H3,(H,19,21)(H,20,22);1H. The Kier molecular flexibility index (Phi) is 7.48. The smallest absolute Gasteiger partial charge is 0.291 e. The van der Waals surface area contributed by atoms with Gasteiger partial charge in [0.15, 0.2) is 5.76 Å². The molecule has 1 heterocycles. The molecule has 130 valence electrons. The molecule has 4 N–H and O–H groups in total. The fourth-order valence-corrected chi connectivity index (χ4v) is 2.24. The van der Waals surface area contributed by atoms with Crippen LogP contribution in [0, 0.1) is 6.92 Å². The number of anilines is 1. The van der Waals surface area contributed by atoms with Gasteiger partial charge in [0.25, 0.3) is 11.8 Å². The lowest BCUT2D eigenvalue weighted by Gasteiger charge is -2.10. The number of carbonyl (C=O) groups excluding carboxylic acids is 2. The van der Waals surface area contributed by atoms with Crippen molar-refractivity contribution in [1.82, 2.24) is 5.32 Å². The summed E-state index contributed by atoms with van der Waals surface area (Å²) in [4.78, 5) is 24.4. The third-order valence-corrected chi connectivity index (χ3v) is 3.42. The highest BCUT2D eigenvalue weighted by Crippen LogP contribution is 2.19. The first-order valence-electron chi connectivity index (χ1n) is 7.54. The van der Waals surface area contributed by atoms with Crippen LogP contribution in [-0.4, -0.2) is 24.9 Å². The fourth-order valence-electron chi connectivity index (χ4n) is 2.24. The summed E-state index contributed by atoms with van der Waals surface area (Å²) in [7, 11) is 0. The zero-order chi connectivity index (χ0) is 16.8. The number of hydrogen-bond acceptors (Lipinski definition) is 4. The van der Waals surface area contributed by atoms with Crippen molar-refractivity contribution in [3.05, 3.63) is 53.0 Å². The van der Waals surface area contributed by atoms with Gasteiger partial charge < -0.3 is 20.8 Å². The van der Waals surface area contributed by atoms with E-state index in [0.717, 1.165) is 17.7 Å². The van der Waals surface area contributed by atoms with Crippen molar-refractivity contribution in [2.24, 2.45) is 5.73 Å². The molecule has 0 saturated carbocycles. The van der Waals surface area contributed by atoms with Gasteiger partial charge in [-0.05, 0) is 30.7 Å². The minimum absolute atomic E-state index is 0. The third kappa shape index (κ3) is 4.59. The number of halogens is 1. The van der Waals surface area contributed by atoms with E-state index in [4.69, 9.17) is 10.2 Å². The number of nitrogens with two attached hydrogens (primary N) is 1. The quantitative estimate of drug-likeness (QED) is 0.744. The van der Waals surface area contributed by atoms with Crippen molar-refractivity contribution < 1.29 is 14.0 Å². The topological polar surface area (TPSA) is 97.4 Å². The van der Waals surface area contributed by atoms with Crippen LogP contribution in [-0.2, 0) is 6.42 Å². The molecule has 0 spiro atoms. The third-order valence-electron chi connectivity index (χ3n) is 3.42. The van der Waals surface area contributed by atoms with E-state index in [1.807, 2.05) is 13.8 Å². The molecule has 2 aromatic rings. The van der Waals surface area contributed by atoms with Crippen LogP contribution in [0.3, 0.4) is 0 Å². The van der Waals surface area contributed by atoms with Gasteiger partial charge in [-0.2, -0.15) is 0 Å². The minimum Gasteiger partial charge on any atom is -0.456 e. The molecule has 24 heavy (non-hydrogen) atoms. The molecule has 0 aliphatic heterocycles. The van der Waals surface area contributed by atoms with Gasteiger partial charge in [-0.15, -0.1) is 12.4 Å².